The first kappa shape index (κ1) is 30.7. The van der Waals surface area contributed by atoms with Crippen LogP contribution in [0, 0.1) is 44.6 Å². The maximum absolute atomic E-state index is 13.8. The Hall–Kier alpha value is -2.89. The lowest BCUT2D eigenvalue weighted by molar-refractivity contribution is -0.384. The number of aliphatic hydroxyl groups excluding tert-OH is 2. The number of non-ortho nitro benzene ring substituents is 1. The highest BCUT2D eigenvalue weighted by atomic mass is 32.2. The fourth-order valence-electron chi connectivity index (χ4n) is 9.76. The molecule has 2 N–H and O–H groups in total. The van der Waals surface area contributed by atoms with Crippen molar-refractivity contribution in [3.8, 4) is 0 Å². The summed E-state index contributed by atoms with van der Waals surface area (Å²) in [6.45, 7) is 3.51. The molecule has 0 amide bonds. The number of rotatable bonds is 7. The SMILES string of the molecule is C[C@]12C=CC(=O)C=C1CC[C@@H]1[C@@H]2[C@@H](O)C[C@@]2(C)[C@H]1C[C@H]1O[C@H](C3C=CC(SCc4cccc([N+](=O)[O-])c4)=CC3)O[C@]12C(=O)CO. The molecule has 1 unspecified atom stereocenters. The third-order valence-electron chi connectivity index (χ3n) is 11.8. The molecular formula is C35H39NO8S. The van der Waals surface area contributed by atoms with Crippen molar-refractivity contribution in [2.24, 2.45) is 34.5 Å². The summed E-state index contributed by atoms with van der Waals surface area (Å²) < 4.78 is 13.4. The molecule has 238 valence electrons. The van der Waals surface area contributed by atoms with Gasteiger partial charge in [0, 0.05) is 45.5 Å². The second kappa shape index (κ2) is 11.1. The Morgan fingerprint density at radius 1 is 1.24 bits per heavy atom. The smallest absolute Gasteiger partial charge is 0.269 e. The van der Waals surface area contributed by atoms with E-state index in [0.717, 1.165) is 28.9 Å². The van der Waals surface area contributed by atoms with Gasteiger partial charge in [-0.15, -0.1) is 11.8 Å². The molecule has 0 radical (unpaired) electrons. The Kier molecular flexibility index (Phi) is 7.60. The molecule has 0 aromatic heterocycles. The van der Waals surface area contributed by atoms with Crippen molar-refractivity contribution < 1.29 is 34.2 Å². The van der Waals surface area contributed by atoms with Crippen molar-refractivity contribution in [3.05, 3.63) is 86.9 Å². The van der Waals surface area contributed by atoms with Gasteiger partial charge in [0.05, 0.1) is 17.1 Å². The molecule has 1 aromatic carbocycles. The van der Waals surface area contributed by atoms with Gasteiger partial charge in [-0.1, -0.05) is 55.9 Å². The lowest BCUT2D eigenvalue weighted by Crippen LogP contribution is -2.63. The Morgan fingerprint density at radius 3 is 2.80 bits per heavy atom. The topological polar surface area (TPSA) is 136 Å². The van der Waals surface area contributed by atoms with Crippen molar-refractivity contribution in [2.45, 2.75) is 75.8 Å². The number of nitro groups is 1. The van der Waals surface area contributed by atoms with Crippen LogP contribution < -0.4 is 0 Å². The number of carbonyl (C=O) groups is 2. The first-order chi connectivity index (χ1) is 21.5. The molecule has 1 aromatic rings. The maximum atomic E-state index is 13.8. The van der Waals surface area contributed by atoms with Gasteiger partial charge in [-0.2, -0.15) is 0 Å². The number of ether oxygens (including phenoxy) is 2. The lowest BCUT2D eigenvalue weighted by atomic mass is 9.46. The summed E-state index contributed by atoms with van der Waals surface area (Å²) >= 11 is 1.60. The summed E-state index contributed by atoms with van der Waals surface area (Å²) in [6, 6.07) is 6.64. The number of nitrogens with zero attached hydrogens (tertiary/aromatic N) is 1. The quantitative estimate of drug-likeness (QED) is 0.306. The van der Waals surface area contributed by atoms with Gasteiger partial charge in [0.25, 0.3) is 5.69 Å². The Bertz CT molecular complexity index is 1570. The second-order valence-electron chi connectivity index (χ2n) is 14.0. The van der Waals surface area contributed by atoms with Crippen molar-refractivity contribution in [1.29, 1.82) is 0 Å². The van der Waals surface area contributed by atoms with Crippen molar-refractivity contribution in [3.63, 3.8) is 0 Å². The van der Waals surface area contributed by atoms with E-state index in [1.165, 1.54) is 6.07 Å². The summed E-state index contributed by atoms with van der Waals surface area (Å²) in [5.41, 5.74) is -0.480. The van der Waals surface area contributed by atoms with E-state index in [4.69, 9.17) is 9.47 Å². The number of nitro benzene ring substituents is 1. The molecule has 0 bridgehead atoms. The number of Topliss-reactive ketones (excluding diaryl/α,β-unsaturated/α-hetero) is 1. The molecular weight excluding hydrogens is 594 g/mol. The molecule has 1 saturated heterocycles. The van der Waals surface area contributed by atoms with Crippen LogP contribution in [0.5, 0.6) is 0 Å². The van der Waals surface area contributed by atoms with E-state index < -0.39 is 46.5 Å². The van der Waals surface area contributed by atoms with Crippen LogP contribution in [0.2, 0.25) is 0 Å². The maximum Gasteiger partial charge on any atom is 0.269 e. The van der Waals surface area contributed by atoms with E-state index in [1.807, 2.05) is 31.2 Å². The standard InChI is InChI=1S/C35H39NO8S/c1-33-13-12-24(38)15-22(33)8-11-26-27-16-30-35(29(40)18-37,34(27,2)17-28(39)31(26)33)44-32(43-30)21-6-9-25(10-7-21)45-19-20-4-3-5-23(14-20)36(41)42/h3-6,9-10,12-15,21,26-28,30-32,37,39H,7-8,11,16-19H2,1-2H3/t21?,26-,27-,28-,30+,31+,32-,33-,34-,35+/m0/s1. The fourth-order valence-corrected chi connectivity index (χ4v) is 10.7. The van der Waals surface area contributed by atoms with Crippen molar-refractivity contribution in [2.75, 3.05) is 6.61 Å². The molecule has 3 saturated carbocycles. The Morgan fingerprint density at radius 2 is 2.07 bits per heavy atom. The molecule has 7 rings (SSSR count). The van der Waals surface area contributed by atoms with Crippen LogP contribution in [0.4, 0.5) is 5.69 Å². The van der Waals surface area contributed by atoms with Gasteiger partial charge in [0.1, 0.15) is 6.61 Å². The zero-order chi connectivity index (χ0) is 31.7. The van der Waals surface area contributed by atoms with E-state index in [0.29, 0.717) is 25.0 Å². The van der Waals surface area contributed by atoms with Crippen LogP contribution in [0.15, 0.2) is 71.2 Å². The number of carbonyl (C=O) groups excluding carboxylic acids is 2. The van der Waals surface area contributed by atoms with Crippen molar-refractivity contribution in [1.82, 2.24) is 0 Å². The van der Waals surface area contributed by atoms with Gasteiger partial charge in [0.2, 0.25) is 0 Å². The van der Waals surface area contributed by atoms with Gasteiger partial charge in [-0.05, 0) is 61.7 Å². The number of benzene rings is 1. The molecule has 10 heteroatoms. The summed E-state index contributed by atoms with van der Waals surface area (Å²) in [4.78, 5) is 37.7. The van der Waals surface area contributed by atoms with Gasteiger partial charge < -0.3 is 19.7 Å². The van der Waals surface area contributed by atoms with Crippen LogP contribution in [0.3, 0.4) is 0 Å². The average Bonchev–Trinajstić information content (AvgIpc) is 3.53. The monoisotopic (exact) mass is 633 g/mol. The third kappa shape index (κ3) is 4.66. The van der Waals surface area contributed by atoms with Crippen LogP contribution in [0.1, 0.15) is 51.5 Å². The van der Waals surface area contributed by atoms with Crippen LogP contribution in [-0.4, -0.2) is 57.4 Å². The van der Waals surface area contributed by atoms with Gasteiger partial charge in [-0.3, -0.25) is 19.7 Å². The first-order valence-corrected chi connectivity index (χ1v) is 16.8. The molecule has 1 aliphatic heterocycles. The minimum absolute atomic E-state index is 0.00778. The van der Waals surface area contributed by atoms with Crippen LogP contribution >= 0.6 is 11.8 Å². The number of allylic oxidation sites excluding steroid dienone is 6. The summed E-state index contributed by atoms with van der Waals surface area (Å²) in [6.07, 6.45) is 12.7. The zero-order valence-corrected chi connectivity index (χ0v) is 26.3. The number of aliphatic hydroxyl groups is 2. The summed E-state index contributed by atoms with van der Waals surface area (Å²) in [5.74, 6) is 0.154. The lowest BCUT2D eigenvalue weighted by Gasteiger charge is -2.59. The number of thioether (sulfide) groups is 1. The van der Waals surface area contributed by atoms with E-state index in [9.17, 15) is 29.9 Å². The Balaban J connectivity index is 1.09. The van der Waals surface area contributed by atoms with Crippen LogP contribution in [0.25, 0.3) is 0 Å². The minimum atomic E-state index is -1.35. The number of ketones is 2. The number of hydrogen-bond donors (Lipinski definition) is 2. The molecule has 5 aliphatic carbocycles. The fraction of sp³-hybridized carbons (Fsp3) is 0.543. The van der Waals surface area contributed by atoms with E-state index in [-0.39, 0.29) is 40.9 Å². The van der Waals surface area contributed by atoms with Gasteiger partial charge >= 0.3 is 0 Å². The van der Waals surface area contributed by atoms with Gasteiger partial charge in [0.15, 0.2) is 23.5 Å². The second-order valence-corrected chi connectivity index (χ2v) is 15.0. The van der Waals surface area contributed by atoms with E-state index >= 15 is 0 Å². The predicted octanol–water partition coefficient (Wildman–Crippen LogP) is 5.22. The minimum Gasteiger partial charge on any atom is -0.393 e. The molecule has 6 aliphatic rings. The molecule has 45 heavy (non-hydrogen) atoms. The van der Waals surface area contributed by atoms with Gasteiger partial charge in [-0.25, -0.2) is 0 Å². The van der Waals surface area contributed by atoms with Crippen molar-refractivity contribution >= 4 is 29.0 Å². The number of fused-ring (bicyclic) bond motifs is 7. The highest BCUT2D eigenvalue weighted by Crippen LogP contribution is 2.70. The number of hydrogen-bond acceptors (Lipinski definition) is 9. The van der Waals surface area contributed by atoms with Crippen LogP contribution in [-0.2, 0) is 24.8 Å². The highest BCUT2D eigenvalue weighted by Gasteiger charge is 2.76. The summed E-state index contributed by atoms with van der Waals surface area (Å²) in [5, 5.41) is 33.2. The molecule has 9 nitrogen and oxygen atoms in total. The zero-order valence-electron chi connectivity index (χ0n) is 25.5. The van der Waals surface area contributed by atoms with E-state index in [2.05, 4.69) is 13.0 Å². The molecule has 0 spiro atoms. The van der Waals surface area contributed by atoms with E-state index in [1.54, 1.807) is 36.0 Å². The average molecular weight is 634 g/mol. The highest BCUT2D eigenvalue weighted by molar-refractivity contribution is 8.02. The predicted molar refractivity (Wildman–Crippen MR) is 168 cm³/mol. The summed E-state index contributed by atoms with van der Waals surface area (Å²) in [7, 11) is 0. The third-order valence-corrected chi connectivity index (χ3v) is 12.9. The normalized spacial score (nSPS) is 41.4. The largest absolute Gasteiger partial charge is 0.393 e. The molecule has 4 fully saturated rings. The molecule has 10 atom stereocenters. The molecule has 1 heterocycles. The first-order valence-electron chi connectivity index (χ1n) is 15.8. The Labute approximate surface area is 266 Å².